The maximum Gasteiger partial charge on any atom is 0.143 e. The summed E-state index contributed by atoms with van der Waals surface area (Å²) in [6, 6.07) is 12.5. The van der Waals surface area contributed by atoms with Gasteiger partial charge in [-0.25, -0.2) is 0 Å². The molecule has 0 saturated heterocycles. The van der Waals surface area contributed by atoms with E-state index in [1.54, 1.807) is 6.07 Å². The molecule has 0 atom stereocenters. The molecule has 0 aliphatic heterocycles. The predicted molar refractivity (Wildman–Crippen MR) is 71.8 cm³/mol. The first-order chi connectivity index (χ1) is 8.16. The highest BCUT2D eigenvalue weighted by Gasteiger charge is 2.05. The first-order valence-corrected chi connectivity index (χ1v) is 5.69. The number of phenolic OH excluding ortho intramolecular Hbond substituents is 1. The van der Waals surface area contributed by atoms with E-state index in [-0.39, 0.29) is 10.8 Å². The molecule has 0 aliphatic carbocycles. The average molecular weight is 266 g/mol. The lowest BCUT2D eigenvalue weighted by atomic mass is 10.2. The Morgan fingerprint density at radius 3 is 2.47 bits per heavy atom. The minimum absolute atomic E-state index is 0.0178. The van der Waals surface area contributed by atoms with Gasteiger partial charge in [0.2, 0.25) is 0 Å². The topological polar surface area (TPSA) is 32.6 Å². The van der Waals surface area contributed by atoms with Crippen molar-refractivity contribution in [1.82, 2.24) is 0 Å². The first kappa shape index (κ1) is 12.0. The average Bonchev–Trinajstić information content (AvgIpc) is 2.33. The third kappa shape index (κ3) is 2.99. The number of nitrogens with zero attached hydrogens (tertiary/aromatic N) is 1. The number of halogens is 2. The molecule has 4 heteroatoms. The molecular weight excluding hydrogens is 257 g/mol. The van der Waals surface area contributed by atoms with Gasteiger partial charge in [-0.3, -0.25) is 4.99 Å². The predicted octanol–water partition coefficient (Wildman–Crippen LogP) is 4.45. The fourth-order valence-electron chi connectivity index (χ4n) is 1.34. The zero-order chi connectivity index (χ0) is 12.3. The van der Waals surface area contributed by atoms with E-state index in [4.69, 9.17) is 23.2 Å². The SMILES string of the molecule is Oc1c(Cl)cc(Cl)cc1/C=N/c1ccccc1. The summed E-state index contributed by atoms with van der Waals surface area (Å²) in [6.45, 7) is 0. The van der Waals surface area contributed by atoms with Crippen LogP contribution in [0, 0.1) is 0 Å². The summed E-state index contributed by atoms with van der Waals surface area (Å²) < 4.78 is 0. The molecule has 0 unspecified atom stereocenters. The van der Waals surface area contributed by atoms with E-state index in [1.165, 1.54) is 12.3 Å². The smallest absolute Gasteiger partial charge is 0.143 e. The van der Waals surface area contributed by atoms with E-state index in [2.05, 4.69) is 4.99 Å². The van der Waals surface area contributed by atoms with Crippen molar-refractivity contribution >= 4 is 35.1 Å². The van der Waals surface area contributed by atoms with Crippen LogP contribution in [-0.4, -0.2) is 11.3 Å². The van der Waals surface area contributed by atoms with Crippen molar-refractivity contribution in [3.05, 3.63) is 58.1 Å². The Bertz CT molecular complexity index is 553. The van der Waals surface area contributed by atoms with Crippen LogP contribution in [0.5, 0.6) is 5.75 Å². The Labute approximate surface area is 109 Å². The Morgan fingerprint density at radius 1 is 1.06 bits per heavy atom. The molecule has 2 aromatic carbocycles. The van der Waals surface area contributed by atoms with E-state index in [0.29, 0.717) is 10.6 Å². The van der Waals surface area contributed by atoms with Crippen LogP contribution in [0.4, 0.5) is 5.69 Å². The molecule has 0 amide bonds. The summed E-state index contributed by atoms with van der Waals surface area (Å²) in [5.74, 6) is -0.0178. The molecule has 17 heavy (non-hydrogen) atoms. The van der Waals surface area contributed by atoms with Gasteiger partial charge in [-0.2, -0.15) is 0 Å². The van der Waals surface area contributed by atoms with Gasteiger partial charge in [-0.15, -0.1) is 0 Å². The number of rotatable bonds is 2. The fourth-order valence-corrected chi connectivity index (χ4v) is 1.85. The van der Waals surface area contributed by atoms with E-state index >= 15 is 0 Å². The van der Waals surface area contributed by atoms with Gasteiger partial charge in [0.25, 0.3) is 0 Å². The highest BCUT2D eigenvalue weighted by atomic mass is 35.5. The molecular formula is C13H9Cl2NO. The van der Waals surface area contributed by atoms with Crippen LogP contribution in [0.2, 0.25) is 10.0 Å². The second kappa shape index (κ2) is 5.21. The number of phenols is 1. The molecule has 2 rings (SSSR count). The maximum absolute atomic E-state index is 9.72. The van der Waals surface area contributed by atoms with Crippen LogP contribution < -0.4 is 0 Å². The number of hydrogen-bond acceptors (Lipinski definition) is 2. The maximum atomic E-state index is 9.72. The summed E-state index contributed by atoms with van der Waals surface area (Å²) in [4.78, 5) is 4.22. The number of benzene rings is 2. The molecule has 0 saturated carbocycles. The van der Waals surface area contributed by atoms with Gasteiger partial charge < -0.3 is 5.11 Å². The van der Waals surface area contributed by atoms with Crippen molar-refractivity contribution in [2.24, 2.45) is 4.99 Å². The lowest BCUT2D eigenvalue weighted by molar-refractivity contribution is 0.475. The standard InChI is InChI=1S/C13H9Cl2NO/c14-10-6-9(13(17)12(15)7-10)8-16-11-4-2-1-3-5-11/h1-8,17H/b16-8+. The number of hydrogen-bond donors (Lipinski definition) is 1. The van der Waals surface area contributed by atoms with Crippen LogP contribution in [-0.2, 0) is 0 Å². The van der Waals surface area contributed by atoms with E-state index in [0.717, 1.165) is 5.69 Å². The number of aliphatic imine (C=N–C) groups is 1. The summed E-state index contributed by atoms with van der Waals surface area (Å²) in [6.07, 6.45) is 1.53. The van der Waals surface area contributed by atoms with Crippen molar-refractivity contribution in [2.45, 2.75) is 0 Å². The van der Waals surface area contributed by atoms with Gasteiger partial charge in [0.1, 0.15) is 5.75 Å². The minimum atomic E-state index is -0.0178. The second-order valence-electron chi connectivity index (χ2n) is 3.42. The van der Waals surface area contributed by atoms with E-state index in [1.807, 2.05) is 30.3 Å². The molecule has 0 fully saturated rings. The molecule has 0 heterocycles. The van der Waals surface area contributed by atoms with Crippen LogP contribution in [0.25, 0.3) is 0 Å². The Balaban J connectivity index is 2.33. The van der Waals surface area contributed by atoms with Crippen molar-refractivity contribution in [1.29, 1.82) is 0 Å². The van der Waals surface area contributed by atoms with Crippen LogP contribution in [0.3, 0.4) is 0 Å². The molecule has 0 bridgehead atoms. The van der Waals surface area contributed by atoms with Crippen LogP contribution in [0.15, 0.2) is 47.5 Å². The lowest BCUT2D eigenvalue weighted by Crippen LogP contribution is -1.83. The van der Waals surface area contributed by atoms with Crippen LogP contribution in [0.1, 0.15) is 5.56 Å². The minimum Gasteiger partial charge on any atom is -0.506 e. The molecule has 0 spiro atoms. The largest absolute Gasteiger partial charge is 0.506 e. The van der Waals surface area contributed by atoms with E-state index < -0.39 is 0 Å². The van der Waals surface area contributed by atoms with Gasteiger partial charge in [0.05, 0.1) is 10.7 Å². The molecule has 0 aromatic heterocycles. The molecule has 2 nitrogen and oxygen atoms in total. The molecule has 2 aromatic rings. The van der Waals surface area contributed by atoms with Crippen molar-refractivity contribution < 1.29 is 5.11 Å². The summed E-state index contributed by atoms with van der Waals surface area (Å²) in [5, 5.41) is 10.4. The van der Waals surface area contributed by atoms with E-state index in [9.17, 15) is 5.11 Å². The third-order valence-corrected chi connectivity index (χ3v) is 2.67. The zero-order valence-electron chi connectivity index (χ0n) is 8.77. The highest BCUT2D eigenvalue weighted by molar-refractivity contribution is 6.36. The highest BCUT2D eigenvalue weighted by Crippen LogP contribution is 2.30. The number of para-hydroxylation sites is 1. The second-order valence-corrected chi connectivity index (χ2v) is 4.26. The molecule has 1 N–H and O–H groups in total. The summed E-state index contributed by atoms with van der Waals surface area (Å²) in [7, 11) is 0. The Hall–Kier alpha value is -1.51. The van der Waals surface area contributed by atoms with Crippen LogP contribution >= 0.6 is 23.2 Å². The number of aromatic hydroxyl groups is 1. The summed E-state index contributed by atoms with van der Waals surface area (Å²) >= 11 is 11.7. The van der Waals surface area contributed by atoms with Crippen molar-refractivity contribution in [3.63, 3.8) is 0 Å². The van der Waals surface area contributed by atoms with Gasteiger partial charge in [0.15, 0.2) is 0 Å². The molecule has 0 aliphatic rings. The van der Waals surface area contributed by atoms with Gasteiger partial charge in [-0.1, -0.05) is 41.4 Å². The molecule has 86 valence electrons. The zero-order valence-corrected chi connectivity index (χ0v) is 10.3. The lowest BCUT2D eigenvalue weighted by Gasteiger charge is -2.02. The van der Waals surface area contributed by atoms with Gasteiger partial charge in [0, 0.05) is 16.8 Å². The Kier molecular flexibility index (Phi) is 3.67. The third-order valence-electron chi connectivity index (χ3n) is 2.17. The quantitative estimate of drug-likeness (QED) is 0.800. The van der Waals surface area contributed by atoms with Gasteiger partial charge >= 0.3 is 0 Å². The fraction of sp³-hybridized carbons (Fsp3) is 0. The van der Waals surface area contributed by atoms with Gasteiger partial charge in [-0.05, 0) is 24.3 Å². The first-order valence-electron chi connectivity index (χ1n) is 4.94. The van der Waals surface area contributed by atoms with Crippen molar-refractivity contribution in [2.75, 3.05) is 0 Å². The molecule has 0 radical (unpaired) electrons. The van der Waals surface area contributed by atoms with Crippen molar-refractivity contribution in [3.8, 4) is 5.75 Å². The monoisotopic (exact) mass is 265 g/mol. The Morgan fingerprint density at radius 2 is 1.76 bits per heavy atom. The normalized spacial score (nSPS) is 10.9. The summed E-state index contributed by atoms with van der Waals surface area (Å²) in [5.41, 5.74) is 1.29.